The summed E-state index contributed by atoms with van der Waals surface area (Å²) >= 11 is 9.01. The van der Waals surface area contributed by atoms with Gasteiger partial charge in [-0.2, -0.15) is 4.98 Å². The maximum atomic E-state index is 15.9. The van der Waals surface area contributed by atoms with Gasteiger partial charge in [-0.15, -0.1) is 10.9 Å². The van der Waals surface area contributed by atoms with Gasteiger partial charge in [0, 0.05) is 12.6 Å². The number of aromatic amines is 1. The van der Waals surface area contributed by atoms with Crippen molar-refractivity contribution >= 4 is 72.0 Å². The van der Waals surface area contributed by atoms with E-state index in [4.69, 9.17) is 52.7 Å². The van der Waals surface area contributed by atoms with Crippen molar-refractivity contribution in [1.29, 1.82) is 0 Å². The lowest BCUT2D eigenvalue weighted by atomic mass is 9.99. The van der Waals surface area contributed by atoms with E-state index in [1.165, 1.54) is 4.57 Å². The highest BCUT2D eigenvalue weighted by Gasteiger charge is 2.80. The molecule has 1 saturated carbocycles. The Morgan fingerprint density at radius 2 is 2.11 bits per heavy atom. The minimum atomic E-state index is -4.51. The van der Waals surface area contributed by atoms with Crippen LogP contribution in [0.4, 0.5) is 20.5 Å². The number of aliphatic hydroxyl groups excluding tert-OH is 1. The number of aromatic nitrogens is 7. The normalized spacial score (nSPS) is 33.1. The minimum Gasteiger partial charge on any atom is -0.387 e. The van der Waals surface area contributed by atoms with Gasteiger partial charge in [0.05, 0.1) is 18.3 Å². The van der Waals surface area contributed by atoms with Crippen LogP contribution in [0.2, 0.25) is 0 Å². The number of imidazole rings is 1. The third kappa shape index (κ3) is 5.14. The van der Waals surface area contributed by atoms with E-state index < -0.39 is 80.1 Å². The Hall–Kier alpha value is -3.19. The van der Waals surface area contributed by atoms with E-state index in [0.29, 0.717) is 0 Å². The van der Waals surface area contributed by atoms with Gasteiger partial charge < -0.3 is 40.0 Å². The molecular weight excluding hydrogens is 710 g/mol. The summed E-state index contributed by atoms with van der Waals surface area (Å²) in [4.78, 5) is 41.6. The highest BCUT2D eigenvalue weighted by atomic mass is 32.7. The topological polar surface area (TPSA) is 250 Å². The molecule has 10 atom stereocenters. The van der Waals surface area contributed by atoms with Gasteiger partial charge in [0.2, 0.25) is 5.95 Å². The third-order valence-electron chi connectivity index (χ3n) is 8.11. The summed E-state index contributed by atoms with van der Waals surface area (Å²) in [5, 5.41) is 10.2. The third-order valence-corrected chi connectivity index (χ3v) is 10.3. The number of alkyl halides is 1. The average molecular weight is 733 g/mol. The molecule has 3 unspecified atom stereocenters. The smallest absolute Gasteiger partial charge is 0.387 e. The van der Waals surface area contributed by atoms with Gasteiger partial charge in [-0.1, -0.05) is 5.92 Å². The Kier molecular flexibility index (Phi) is 7.70. The Morgan fingerprint density at radius 3 is 2.83 bits per heavy atom. The molecule has 47 heavy (non-hydrogen) atoms. The predicted molar refractivity (Wildman–Crippen MR) is 163 cm³/mol. The zero-order valence-electron chi connectivity index (χ0n) is 23.3. The van der Waals surface area contributed by atoms with E-state index in [2.05, 4.69) is 43.1 Å². The molecule has 3 aliphatic rings. The molecule has 2 aliphatic heterocycles. The Labute approximate surface area is 272 Å². The Morgan fingerprint density at radius 1 is 1.34 bits per heavy atom. The molecule has 0 radical (unpaired) electrons. The molecule has 2 saturated heterocycles. The molecular formula is C23H22F2N9O9P2S2+. The fraction of sp³-hybridized carbons (Fsp3) is 0.435. The van der Waals surface area contributed by atoms with Crippen molar-refractivity contribution in [2.24, 2.45) is 0 Å². The molecule has 6 heterocycles. The quantitative estimate of drug-likeness (QED) is 0.0788. The second-order valence-corrected chi connectivity index (χ2v) is 15.2. The van der Waals surface area contributed by atoms with Gasteiger partial charge in [0.1, 0.15) is 42.8 Å². The summed E-state index contributed by atoms with van der Waals surface area (Å²) in [6, 6.07) is 0. The van der Waals surface area contributed by atoms with Crippen LogP contribution in [0.1, 0.15) is 18.9 Å². The number of ether oxygens (including phenoxy) is 2. The Bertz CT molecular complexity index is 2120. The van der Waals surface area contributed by atoms with Crippen LogP contribution in [0.15, 0.2) is 23.6 Å². The molecule has 4 aromatic rings. The van der Waals surface area contributed by atoms with Gasteiger partial charge in [-0.25, -0.2) is 23.7 Å². The number of fused-ring (bicyclic) bond motifs is 3. The van der Waals surface area contributed by atoms with Gasteiger partial charge in [-0.05, 0) is 16.4 Å². The number of nitrogen functional groups attached to an aromatic ring is 2. The number of hydrogen-bond donors (Lipinski definition) is 6. The number of aliphatic hydroxyl groups is 1. The zero-order valence-corrected chi connectivity index (χ0v) is 26.8. The molecule has 24 heteroatoms. The molecule has 0 amide bonds. The first-order chi connectivity index (χ1) is 22.2. The number of nitrogens with two attached hydrogens (primary N) is 2. The van der Waals surface area contributed by atoms with Crippen LogP contribution in [-0.2, 0) is 39.4 Å². The van der Waals surface area contributed by atoms with Gasteiger partial charge >= 0.3 is 13.9 Å². The van der Waals surface area contributed by atoms with E-state index in [1.54, 1.807) is 0 Å². The lowest BCUT2D eigenvalue weighted by Gasteiger charge is -2.31. The van der Waals surface area contributed by atoms with Crippen molar-refractivity contribution in [3.05, 3.63) is 35.0 Å². The van der Waals surface area contributed by atoms with Gasteiger partial charge in [0.25, 0.3) is 5.56 Å². The number of nitrogens with zero attached hydrogens (tertiary/aromatic N) is 6. The maximum Gasteiger partial charge on any atom is 0.582 e. The molecule has 3 fully saturated rings. The monoisotopic (exact) mass is 732 g/mol. The number of hydrogen-bond acceptors (Lipinski definition) is 15. The molecule has 0 bridgehead atoms. The van der Waals surface area contributed by atoms with Crippen LogP contribution in [0.3, 0.4) is 0 Å². The molecule has 18 nitrogen and oxygen atoms in total. The molecule has 7 rings (SSSR count). The summed E-state index contributed by atoms with van der Waals surface area (Å²) in [5.41, 5.74) is 6.10. The summed E-state index contributed by atoms with van der Waals surface area (Å²) in [6.07, 6.45) is 0.370. The molecule has 248 valence electrons. The first-order valence-electron chi connectivity index (χ1n) is 13.3. The van der Waals surface area contributed by atoms with E-state index in [-0.39, 0.29) is 40.4 Å². The van der Waals surface area contributed by atoms with Crippen molar-refractivity contribution < 1.29 is 46.4 Å². The van der Waals surface area contributed by atoms with E-state index >= 15 is 4.39 Å². The molecule has 1 aliphatic carbocycles. The minimum absolute atomic E-state index is 0.0571. The second kappa shape index (κ2) is 11.2. The van der Waals surface area contributed by atoms with Gasteiger partial charge in [0.15, 0.2) is 52.3 Å². The van der Waals surface area contributed by atoms with Crippen molar-refractivity contribution in [2.75, 3.05) is 18.1 Å². The number of thiol groups is 1. The number of rotatable bonds is 9. The van der Waals surface area contributed by atoms with E-state index in [0.717, 1.165) is 23.4 Å². The van der Waals surface area contributed by atoms with Crippen LogP contribution < -0.4 is 17.0 Å². The summed E-state index contributed by atoms with van der Waals surface area (Å²) < 4.78 is 73.6. The Balaban J connectivity index is 1.16. The van der Waals surface area contributed by atoms with Crippen molar-refractivity contribution in [1.82, 2.24) is 34.1 Å². The number of terminal acetylenes is 1. The first-order valence-corrected chi connectivity index (χ1v) is 18.3. The molecule has 0 aromatic carbocycles. The highest BCUT2D eigenvalue weighted by Crippen LogP contribution is 2.62. The summed E-state index contributed by atoms with van der Waals surface area (Å²) in [5.74, 6) is 1.21. The fourth-order valence-electron chi connectivity index (χ4n) is 5.83. The predicted octanol–water partition coefficient (Wildman–Crippen LogP) is 0.730. The van der Waals surface area contributed by atoms with Crippen LogP contribution in [0, 0.1) is 18.2 Å². The summed E-state index contributed by atoms with van der Waals surface area (Å²) in [6.45, 7) is -5.28. The van der Waals surface area contributed by atoms with Crippen molar-refractivity contribution in [2.45, 2.75) is 54.6 Å². The average Bonchev–Trinajstić information content (AvgIpc) is 3.53. The standard InChI is InChI=1S/C23H21F2N9O9P2S2/c1-2-22(9(42-44(37)46)3-10(41-22)33-4-8(24)11-16(26)28-6-29-17(11)33)5-39-45(38,47)43-15-20(40-14-13(35)23(14,15)25)34-7-30-12-18(34)31-21(27)32-19(12)36/h1,4,6-7,9-10,13-15,20,35H,3,5H2,(H6-,26,27,28,29,31,32,36,37,38,46,47)/p+1/t9-,10+,13?,14+,15-,20+,22+,23+,45?/m0/s1. The van der Waals surface area contributed by atoms with Crippen LogP contribution in [0.25, 0.3) is 22.2 Å². The first kappa shape index (κ1) is 32.4. The fourth-order valence-corrected chi connectivity index (χ4v) is 8.05. The van der Waals surface area contributed by atoms with E-state index in [1.807, 2.05) is 0 Å². The molecule has 4 aromatic heterocycles. The zero-order chi connectivity index (χ0) is 33.6. The van der Waals surface area contributed by atoms with Crippen molar-refractivity contribution in [3.63, 3.8) is 0 Å². The summed E-state index contributed by atoms with van der Waals surface area (Å²) in [7, 11) is -2.58. The van der Waals surface area contributed by atoms with Gasteiger partial charge in [-0.3, -0.25) is 18.9 Å². The van der Waals surface area contributed by atoms with Crippen molar-refractivity contribution in [3.8, 4) is 12.3 Å². The number of H-pyrrole nitrogens is 1. The largest absolute Gasteiger partial charge is 0.582 e. The van der Waals surface area contributed by atoms with Crippen LogP contribution in [-0.4, -0.2) is 86.3 Å². The lowest BCUT2D eigenvalue weighted by Crippen LogP contribution is -2.43. The highest BCUT2D eigenvalue weighted by molar-refractivity contribution is 8.39. The van der Waals surface area contributed by atoms with Crippen LogP contribution >= 0.6 is 26.2 Å². The van der Waals surface area contributed by atoms with E-state index in [9.17, 15) is 23.7 Å². The molecule has 7 N–H and O–H groups in total. The van der Waals surface area contributed by atoms with Crippen LogP contribution in [0.5, 0.6) is 0 Å². The molecule has 0 spiro atoms. The number of nitrogens with one attached hydrogen (secondary N) is 1. The number of anilines is 2. The SMILES string of the molecule is C#C[C@]1(COP(O)(=S)O[C@H]2[C@H](n3cnc4c(=O)[nH]c(N)nc43)O[C@@H]3C(O)[C@@]32F)O[C@@H](n2cc(F)c3c(N)ncnc32)C[C@@H]1O[P+](=O)S. The lowest BCUT2D eigenvalue weighted by molar-refractivity contribution is -0.0918. The maximum absolute atomic E-state index is 15.9. The second-order valence-electron chi connectivity index (χ2n) is 10.8. The number of halogens is 2.